The van der Waals surface area contributed by atoms with Crippen molar-refractivity contribution in [1.29, 1.82) is 0 Å². The van der Waals surface area contributed by atoms with Gasteiger partial charge < -0.3 is 5.32 Å². The highest BCUT2D eigenvalue weighted by Gasteiger charge is 2.10. The molecule has 0 aliphatic heterocycles. The van der Waals surface area contributed by atoms with Crippen LogP contribution in [0, 0.1) is 11.8 Å². The van der Waals surface area contributed by atoms with Crippen LogP contribution in [0.5, 0.6) is 0 Å². The molecule has 116 valence electrons. The topological polar surface area (TPSA) is 41.1 Å². The minimum Gasteiger partial charge on any atom is -0.330 e. The first kappa shape index (κ1) is 17.6. The van der Waals surface area contributed by atoms with Gasteiger partial charge in [0.2, 0.25) is 0 Å². The summed E-state index contributed by atoms with van der Waals surface area (Å²) < 4.78 is 0. The summed E-state index contributed by atoms with van der Waals surface area (Å²) in [6.45, 7) is 0. The number of amides is 1. The van der Waals surface area contributed by atoms with Gasteiger partial charge in [-0.1, -0.05) is 58.9 Å². The number of benzene rings is 2. The average Bonchev–Trinajstić information content (AvgIpc) is 2.50. The lowest BCUT2D eigenvalue weighted by Gasteiger charge is -2.11. The Morgan fingerprint density at radius 2 is 1.65 bits per heavy atom. The van der Waals surface area contributed by atoms with Gasteiger partial charge in [-0.25, -0.2) is 0 Å². The normalized spacial score (nSPS) is 9.52. The van der Waals surface area contributed by atoms with Gasteiger partial charge in [0.05, 0.1) is 15.7 Å². The zero-order valence-electron chi connectivity index (χ0n) is 11.5. The fraction of sp³-hybridized carbons (Fsp3) is 0. The molecule has 7 heteroatoms. The number of hydrogen-bond donors (Lipinski definition) is 2. The summed E-state index contributed by atoms with van der Waals surface area (Å²) in [6, 6.07) is 12.1. The Morgan fingerprint density at radius 1 is 1.04 bits per heavy atom. The summed E-state index contributed by atoms with van der Waals surface area (Å²) in [4.78, 5) is 11.7. The molecule has 2 N–H and O–H groups in total. The average molecular weight is 384 g/mol. The molecule has 0 bridgehead atoms. The second-order valence-electron chi connectivity index (χ2n) is 4.27. The van der Waals surface area contributed by atoms with Crippen LogP contribution in [0.3, 0.4) is 0 Å². The molecule has 2 aromatic carbocycles. The summed E-state index contributed by atoms with van der Waals surface area (Å²) in [5, 5.41) is 6.17. The Balaban J connectivity index is 2.00. The highest BCUT2D eigenvalue weighted by atomic mass is 35.5. The molecule has 3 nitrogen and oxygen atoms in total. The van der Waals surface area contributed by atoms with Crippen LogP contribution in [0.1, 0.15) is 5.56 Å². The van der Waals surface area contributed by atoms with Gasteiger partial charge in [-0.15, -0.1) is 0 Å². The van der Waals surface area contributed by atoms with E-state index < -0.39 is 5.91 Å². The van der Waals surface area contributed by atoms with Crippen LogP contribution in [0.2, 0.25) is 15.1 Å². The van der Waals surface area contributed by atoms with Gasteiger partial charge in [-0.3, -0.25) is 10.1 Å². The zero-order valence-corrected chi connectivity index (χ0v) is 14.6. The van der Waals surface area contributed by atoms with E-state index in [9.17, 15) is 4.79 Å². The van der Waals surface area contributed by atoms with Crippen molar-refractivity contribution >= 4 is 63.7 Å². The molecule has 2 aromatic rings. The minimum absolute atomic E-state index is 0.0310. The first-order valence-corrected chi connectivity index (χ1v) is 7.83. The van der Waals surface area contributed by atoms with Crippen LogP contribution in [-0.2, 0) is 4.79 Å². The monoisotopic (exact) mass is 382 g/mol. The van der Waals surface area contributed by atoms with Crippen molar-refractivity contribution < 1.29 is 4.79 Å². The van der Waals surface area contributed by atoms with E-state index in [0.29, 0.717) is 10.7 Å². The summed E-state index contributed by atoms with van der Waals surface area (Å²) in [6.07, 6.45) is 0. The van der Waals surface area contributed by atoms with Gasteiger partial charge in [0, 0.05) is 16.5 Å². The lowest BCUT2D eigenvalue weighted by atomic mass is 10.2. The molecule has 0 aliphatic carbocycles. The largest absolute Gasteiger partial charge is 0.330 e. The van der Waals surface area contributed by atoms with Gasteiger partial charge in [-0.2, -0.15) is 0 Å². The lowest BCUT2D eigenvalue weighted by molar-refractivity contribution is -0.114. The van der Waals surface area contributed by atoms with Crippen molar-refractivity contribution in [3.05, 3.63) is 63.1 Å². The van der Waals surface area contributed by atoms with E-state index in [1.54, 1.807) is 12.1 Å². The van der Waals surface area contributed by atoms with E-state index in [4.69, 9.17) is 47.0 Å². The van der Waals surface area contributed by atoms with Gasteiger partial charge in [0.1, 0.15) is 0 Å². The molecule has 0 saturated carbocycles. The Kier molecular flexibility index (Phi) is 6.26. The van der Waals surface area contributed by atoms with Gasteiger partial charge >= 0.3 is 5.91 Å². The third kappa shape index (κ3) is 5.42. The standard InChI is InChI=1S/C16H9Cl3N2OS/c17-11-8-12(18)15(13(19)9-11)21-16(23)20-14(22)7-6-10-4-2-1-3-5-10/h1-5,8-9H,(H2,20,21,22,23). The van der Waals surface area contributed by atoms with E-state index in [2.05, 4.69) is 22.5 Å². The van der Waals surface area contributed by atoms with Crippen LogP contribution < -0.4 is 10.6 Å². The van der Waals surface area contributed by atoms with Crippen LogP contribution in [0.15, 0.2) is 42.5 Å². The van der Waals surface area contributed by atoms with E-state index in [-0.39, 0.29) is 15.2 Å². The number of carbonyl (C=O) groups excluding carboxylic acids is 1. The second kappa shape index (κ2) is 8.19. The minimum atomic E-state index is -0.549. The van der Waals surface area contributed by atoms with Crippen molar-refractivity contribution in [2.75, 3.05) is 5.32 Å². The molecule has 0 fully saturated rings. The maximum Gasteiger partial charge on any atom is 0.302 e. The molecule has 0 heterocycles. The molecule has 0 saturated heterocycles. The van der Waals surface area contributed by atoms with Crippen LogP contribution >= 0.6 is 47.0 Å². The number of halogens is 3. The van der Waals surface area contributed by atoms with E-state index >= 15 is 0 Å². The molecule has 0 radical (unpaired) electrons. The quantitative estimate of drug-likeness (QED) is 0.562. The molecule has 1 amide bonds. The molecule has 0 unspecified atom stereocenters. The van der Waals surface area contributed by atoms with Crippen molar-refractivity contribution in [2.24, 2.45) is 0 Å². The molecule has 0 spiro atoms. The van der Waals surface area contributed by atoms with E-state index in [1.807, 2.05) is 18.2 Å². The third-order valence-corrected chi connectivity index (χ3v) is 3.59. The van der Waals surface area contributed by atoms with E-state index in [1.165, 1.54) is 12.1 Å². The van der Waals surface area contributed by atoms with Crippen molar-refractivity contribution in [1.82, 2.24) is 5.32 Å². The predicted molar refractivity (Wildman–Crippen MR) is 99.2 cm³/mol. The number of nitrogens with one attached hydrogen (secondary N) is 2. The maximum atomic E-state index is 11.7. The highest BCUT2D eigenvalue weighted by Crippen LogP contribution is 2.33. The molecular weight excluding hydrogens is 375 g/mol. The van der Waals surface area contributed by atoms with Gasteiger partial charge in [0.15, 0.2) is 5.11 Å². The number of carbonyl (C=O) groups is 1. The zero-order chi connectivity index (χ0) is 16.8. The smallest absolute Gasteiger partial charge is 0.302 e. The molecule has 0 atom stereocenters. The second-order valence-corrected chi connectivity index (χ2v) is 5.93. The first-order valence-electron chi connectivity index (χ1n) is 6.29. The van der Waals surface area contributed by atoms with Crippen LogP contribution in [0.4, 0.5) is 5.69 Å². The molecule has 0 aromatic heterocycles. The van der Waals surface area contributed by atoms with Gasteiger partial charge in [-0.05, 0) is 36.5 Å². The van der Waals surface area contributed by atoms with E-state index in [0.717, 1.165) is 5.56 Å². The predicted octanol–water partition coefficient (Wildman–Crippen LogP) is 4.51. The molecular formula is C16H9Cl3N2OS. The Morgan fingerprint density at radius 3 is 2.26 bits per heavy atom. The third-order valence-electron chi connectivity index (χ3n) is 2.57. The first-order chi connectivity index (χ1) is 11.0. The number of hydrogen-bond acceptors (Lipinski definition) is 2. The number of rotatable bonds is 1. The summed E-state index contributed by atoms with van der Waals surface area (Å²) in [7, 11) is 0. The molecule has 0 aliphatic rings. The molecule has 23 heavy (non-hydrogen) atoms. The van der Waals surface area contributed by atoms with Crippen molar-refractivity contribution in [2.45, 2.75) is 0 Å². The van der Waals surface area contributed by atoms with Crippen molar-refractivity contribution in [3.8, 4) is 11.8 Å². The maximum absolute atomic E-state index is 11.7. The Labute approximate surface area is 153 Å². The fourth-order valence-electron chi connectivity index (χ4n) is 1.59. The lowest BCUT2D eigenvalue weighted by Crippen LogP contribution is -2.33. The Hall–Kier alpha value is -1.77. The van der Waals surface area contributed by atoms with Gasteiger partial charge in [0.25, 0.3) is 0 Å². The fourth-order valence-corrected chi connectivity index (χ4v) is 2.70. The molecule has 2 rings (SSSR count). The van der Waals surface area contributed by atoms with Crippen LogP contribution in [-0.4, -0.2) is 11.0 Å². The van der Waals surface area contributed by atoms with Crippen LogP contribution in [0.25, 0.3) is 0 Å². The summed E-state index contributed by atoms with van der Waals surface area (Å²) in [5.41, 5.74) is 1.09. The summed E-state index contributed by atoms with van der Waals surface area (Å²) in [5.74, 6) is 4.62. The Bertz CT molecular complexity index is 790. The SMILES string of the molecule is O=C(C#Cc1ccccc1)NC(=S)Nc1c(Cl)cc(Cl)cc1Cl. The highest BCUT2D eigenvalue weighted by molar-refractivity contribution is 7.80. The number of anilines is 1. The summed E-state index contributed by atoms with van der Waals surface area (Å²) >= 11 is 22.9. The van der Waals surface area contributed by atoms with Crippen molar-refractivity contribution in [3.63, 3.8) is 0 Å². The number of thiocarbonyl (C=S) groups is 1.